The molecule has 0 aromatic heterocycles. The molecule has 1 heterocycles. The summed E-state index contributed by atoms with van der Waals surface area (Å²) in [6.45, 7) is 5.09. The number of amides is 2. The second-order valence-corrected chi connectivity index (χ2v) is 4.08. The number of urea groups is 1. The minimum atomic E-state index is -0.0894. The summed E-state index contributed by atoms with van der Waals surface area (Å²) in [6.07, 6.45) is 0.916. The first-order valence-corrected chi connectivity index (χ1v) is 5.49. The van der Waals surface area contributed by atoms with Crippen molar-refractivity contribution in [3.63, 3.8) is 0 Å². The molecular formula is C10H21N3O2. The van der Waals surface area contributed by atoms with Crippen LogP contribution in [0.2, 0.25) is 0 Å². The normalized spacial score (nSPS) is 22.4. The second kappa shape index (κ2) is 6.63. The molecule has 1 fully saturated rings. The molecule has 88 valence electrons. The Morgan fingerprint density at radius 3 is 2.93 bits per heavy atom. The fraction of sp³-hybridized carbons (Fsp3) is 0.900. The highest BCUT2D eigenvalue weighted by molar-refractivity contribution is 5.74. The van der Waals surface area contributed by atoms with Gasteiger partial charge in [-0.2, -0.15) is 0 Å². The summed E-state index contributed by atoms with van der Waals surface area (Å²) in [4.78, 5) is 11.4. The number of rotatable bonds is 5. The van der Waals surface area contributed by atoms with Crippen molar-refractivity contribution in [3.8, 4) is 0 Å². The van der Waals surface area contributed by atoms with Crippen molar-refractivity contribution in [1.82, 2.24) is 16.0 Å². The van der Waals surface area contributed by atoms with E-state index in [1.165, 1.54) is 0 Å². The van der Waals surface area contributed by atoms with Crippen LogP contribution in [0.1, 0.15) is 13.3 Å². The number of hydrogen-bond donors (Lipinski definition) is 3. The van der Waals surface area contributed by atoms with Gasteiger partial charge < -0.3 is 20.7 Å². The summed E-state index contributed by atoms with van der Waals surface area (Å²) in [5.41, 5.74) is 0. The summed E-state index contributed by atoms with van der Waals surface area (Å²) in [5, 5.41) is 8.80. The first kappa shape index (κ1) is 12.3. The molecule has 1 saturated heterocycles. The van der Waals surface area contributed by atoms with Gasteiger partial charge >= 0.3 is 6.03 Å². The molecule has 2 atom stereocenters. The zero-order valence-electron chi connectivity index (χ0n) is 9.51. The molecule has 2 amide bonds. The van der Waals surface area contributed by atoms with Crippen LogP contribution in [0.4, 0.5) is 4.79 Å². The van der Waals surface area contributed by atoms with Crippen LogP contribution in [0.15, 0.2) is 0 Å². The van der Waals surface area contributed by atoms with Crippen LogP contribution < -0.4 is 16.0 Å². The lowest BCUT2D eigenvalue weighted by atomic mass is 10.2. The molecule has 5 nitrogen and oxygen atoms in total. The Bertz CT molecular complexity index is 193. The average Bonchev–Trinajstić information content (AvgIpc) is 2.68. The topological polar surface area (TPSA) is 62.4 Å². The van der Waals surface area contributed by atoms with Crippen LogP contribution in [-0.4, -0.2) is 45.4 Å². The van der Waals surface area contributed by atoms with Crippen LogP contribution in [0.5, 0.6) is 0 Å². The van der Waals surface area contributed by atoms with E-state index in [2.05, 4.69) is 22.9 Å². The Labute approximate surface area is 90.9 Å². The molecule has 0 aromatic rings. The predicted octanol–water partition coefficient (Wildman–Crippen LogP) is -0.0700. The Hall–Kier alpha value is -0.810. The molecule has 0 bridgehead atoms. The highest BCUT2D eigenvalue weighted by atomic mass is 16.5. The maximum atomic E-state index is 11.4. The monoisotopic (exact) mass is 215 g/mol. The second-order valence-electron chi connectivity index (χ2n) is 4.08. The van der Waals surface area contributed by atoms with E-state index >= 15 is 0 Å². The van der Waals surface area contributed by atoms with Gasteiger partial charge in [-0.25, -0.2) is 4.79 Å². The molecule has 0 spiro atoms. The van der Waals surface area contributed by atoms with Crippen molar-refractivity contribution in [3.05, 3.63) is 0 Å². The van der Waals surface area contributed by atoms with Crippen molar-refractivity contribution >= 4 is 6.03 Å². The summed E-state index contributed by atoms with van der Waals surface area (Å²) in [5.74, 6) is 0.445. The van der Waals surface area contributed by atoms with E-state index in [9.17, 15) is 4.79 Å². The van der Waals surface area contributed by atoms with E-state index in [0.717, 1.165) is 19.6 Å². The summed E-state index contributed by atoms with van der Waals surface area (Å²) in [7, 11) is 1.91. The Balaban J connectivity index is 2.07. The first-order chi connectivity index (χ1) is 7.22. The van der Waals surface area contributed by atoms with E-state index in [-0.39, 0.29) is 12.1 Å². The van der Waals surface area contributed by atoms with Crippen molar-refractivity contribution in [1.29, 1.82) is 0 Å². The Morgan fingerprint density at radius 1 is 1.53 bits per heavy atom. The highest BCUT2D eigenvalue weighted by Gasteiger charge is 2.17. The SMILES string of the molecule is CNCC(C)CNC(=O)NC1CCOC1. The third-order valence-corrected chi connectivity index (χ3v) is 2.43. The van der Waals surface area contributed by atoms with Crippen LogP contribution in [0, 0.1) is 5.92 Å². The van der Waals surface area contributed by atoms with Gasteiger partial charge in [0.1, 0.15) is 0 Å². The molecule has 0 aliphatic carbocycles. The molecule has 1 aliphatic rings. The van der Waals surface area contributed by atoms with Crippen LogP contribution >= 0.6 is 0 Å². The predicted molar refractivity (Wildman–Crippen MR) is 58.8 cm³/mol. The lowest BCUT2D eigenvalue weighted by molar-refractivity contribution is 0.188. The standard InChI is InChI=1S/C10H21N3O2/c1-8(5-11-2)6-12-10(14)13-9-3-4-15-7-9/h8-9,11H,3-7H2,1-2H3,(H2,12,13,14). The summed E-state index contributed by atoms with van der Waals surface area (Å²) >= 11 is 0. The van der Waals surface area contributed by atoms with Gasteiger partial charge in [0.15, 0.2) is 0 Å². The molecule has 0 saturated carbocycles. The van der Waals surface area contributed by atoms with Crippen molar-refractivity contribution in [2.75, 3.05) is 33.4 Å². The number of ether oxygens (including phenoxy) is 1. The fourth-order valence-corrected chi connectivity index (χ4v) is 1.57. The van der Waals surface area contributed by atoms with Gasteiger partial charge in [0.2, 0.25) is 0 Å². The van der Waals surface area contributed by atoms with Crippen LogP contribution in [0.3, 0.4) is 0 Å². The van der Waals surface area contributed by atoms with E-state index < -0.39 is 0 Å². The van der Waals surface area contributed by atoms with Gasteiger partial charge in [-0.1, -0.05) is 6.92 Å². The van der Waals surface area contributed by atoms with E-state index in [4.69, 9.17) is 4.74 Å². The largest absolute Gasteiger partial charge is 0.379 e. The van der Waals surface area contributed by atoms with Crippen molar-refractivity contribution in [2.24, 2.45) is 5.92 Å². The van der Waals surface area contributed by atoms with E-state index in [1.54, 1.807) is 0 Å². The number of carbonyl (C=O) groups excluding carboxylic acids is 1. The average molecular weight is 215 g/mol. The van der Waals surface area contributed by atoms with Gasteiger partial charge in [-0.15, -0.1) is 0 Å². The Morgan fingerprint density at radius 2 is 2.33 bits per heavy atom. The minimum absolute atomic E-state index is 0.0894. The zero-order valence-corrected chi connectivity index (χ0v) is 9.51. The zero-order chi connectivity index (χ0) is 11.1. The molecule has 3 N–H and O–H groups in total. The molecular weight excluding hydrogens is 194 g/mol. The van der Waals surface area contributed by atoms with Crippen LogP contribution in [-0.2, 0) is 4.74 Å². The van der Waals surface area contributed by atoms with Crippen molar-refractivity contribution in [2.45, 2.75) is 19.4 Å². The molecule has 0 aromatic carbocycles. The first-order valence-electron chi connectivity index (χ1n) is 5.49. The molecule has 15 heavy (non-hydrogen) atoms. The fourth-order valence-electron chi connectivity index (χ4n) is 1.57. The Kier molecular flexibility index (Phi) is 5.42. The van der Waals surface area contributed by atoms with Crippen molar-refractivity contribution < 1.29 is 9.53 Å². The quantitative estimate of drug-likeness (QED) is 0.601. The third-order valence-electron chi connectivity index (χ3n) is 2.43. The third kappa shape index (κ3) is 4.99. The van der Waals surface area contributed by atoms with E-state index in [0.29, 0.717) is 19.1 Å². The maximum Gasteiger partial charge on any atom is 0.315 e. The molecule has 1 rings (SSSR count). The van der Waals surface area contributed by atoms with Gasteiger partial charge in [0.25, 0.3) is 0 Å². The number of hydrogen-bond acceptors (Lipinski definition) is 3. The molecule has 2 unspecified atom stereocenters. The number of carbonyl (C=O) groups is 1. The van der Waals surface area contributed by atoms with Crippen LogP contribution in [0.25, 0.3) is 0 Å². The lowest BCUT2D eigenvalue weighted by Crippen LogP contribution is -2.44. The van der Waals surface area contributed by atoms with Gasteiger partial charge in [0.05, 0.1) is 12.6 Å². The smallest absolute Gasteiger partial charge is 0.315 e. The molecule has 1 aliphatic heterocycles. The van der Waals surface area contributed by atoms with Gasteiger partial charge in [0, 0.05) is 13.2 Å². The maximum absolute atomic E-state index is 11.4. The van der Waals surface area contributed by atoms with Gasteiger partial charge in [-0.05, 0) is 25.9 Å². The highest BCUT2D eigenvalue weighted by Crippen LogP contribution is 2.02. The molecule has 0 radical (unpaired) electrons. The summed E-state index contributed by atoms with van der Waals surface area (Å²) in [6, 6.07) is 0.0954. The number of nitrogens with one attached hydrogen (secondary N) is 3. The summed E-state index contributed by atoms with van der Waals surface area (Å²) < 4.78 is 5.17. The van der Waals surface area contributed by atoms with Gasteiger partial charge in [-0.3, -0.25) is 0 Å². The molecule has 5 heteroatoms. The lowest BCUT2D eigenvalue weighted by Gasteiger charge is -2.15. The van der Waals surface area contributed by atoms with E-state index in [1.807, 2.05) is 7.05 Å². The minimum Gasteiger partial charge on any atom is -0.379 e.